The van der Waals surface area contributed by atoms with Crippen molar-refractivity contribution in [2.24, 2.45) is 5.92 Å². The smallest absolute Gasteiger partial charge is 0.0931 e. The fourth-order valence-corrected chi connectivity index (χ4v) is 4.89. The molecule has 1 aliphatic heterocycles. The molecule has 2 unspecified atom stereocenters. The van der Waals surface area contributed by atoms with E-state index in [0.717, 1.165) is 23.3 Å². The second kappa shape index (κ2) is 6.78. The van der Waals surface area contributed by atoms with E-state index in [1.165, 1.54) is 43.5 Å². The largest absolute Gasteiger partial charge is 0.311 e. The van der Waals surface area contributed by atoms with Crippen molar-refractivity contribution in [1.82, 2.24) is 10.2 Å². The van der Waals surface area contributed by atoms with Crippen LogP contribution in [0.3, 0.4) is 0 Å². The Labute approximate surface area is 131 Å². The maximum absolute atomic E-state index is 6.08. The number of rotatable bonds is 3. The lowest BCUT2D eigenvalue weighted by Gasteiger charge is -2.41. The predicted molar refractivity (Wildman–Crippen MR) is 87.7 cm³/mol. The van der Waals surface area contributed by atoms with E-state index in [4.69, 9.17) is 11.6 Å². The van der Waals surface area contributed by atoms with E-state index >= 15 is 0 Å². The molecule has 0 radical (unpaired) electrons. The van der Waals surface area contributed by atoms with Crippen molar-refractivity contribution in [2.45, 2.75) is 51.1 Å². The Morgan fingerprint density at radius 3 is 2.80 bits per heavy atom. The summed E-state index contributed by atoms with van der Waals surface area (Å²) in [6, 6.07) is 5.41. The molecule has 4 heteroatoms. The summed E-state index contributed by atoms with van der Waals surface area (Å²) in [7, 11) is 0. The lowest BCUT2D eigenvalue weighted by Crippen LogP contribution is -2.54. The molecule has 2 heterocycles. The molecule has 0 bridgehead atoms. The summed E-state index contributed by atoms with van der Waals surface area (Å²) in [5.74, 6) is 0.894. The van der Waals surface area contributed by atoms with Crippen LogP contribution in [-0.2, 0) is 0 Å². The third-order valence-corrected chi connectivity index (χ3v) is 6.41. The number of piperazine rings is 1. The van der Waals surface area contributed by atoms with E-state index < -0.39 is 0 Å². The molecule has 1 N–H and O–H groups in total. The van der Waals surface area contributed by atoms with Crippen molar-refractivity contribution in [2.75, 3.05) is 19.6 Å². The fourth-order valence-electron chi connectivity index (χ4n) is 3.74. The second-order valence-electron chi connectivity index (χ2n) is 6.27. The first-order valence-corrected chi connectivity index (χ1v) is 9.16. The molecule has 0 spiro atoms. The highest BCUT2D eigenvalue weighted by atomic mass is 35.5. The topological polar surface area (TPSA) is 15.3 Å². The van der Waals surface area contributed by atoms with E-state index in [0.29, 0.717) is 12.1 Å². The first kappa shape index (κ1) is 14.8. The Morgan fingerprint density at radius 1 is 1.30 bits per heavy atom. The summed E-state index contributed by atoms with van der Waals surface area (Å²) in [4.78, 5) is 4.04. The van der Waals surface area contributed by atoms with Gasteiger partial charge in [-0.2, -0.15) is 0 Å². The molecule has 2 atom stereocenters. The number of thiophene rings is 1. The summed E-state index contributed by atoms with van der Waals surface area (Å²) >= 11 is 7.81. The van der Waals surface area contributed by atoms with Crippen LogP contribution in [0.4, 0.5) is 0 Å². The summed E-state index contributed by atoms with van der Waals surface area (Å²) < 4.78 is 0.908. The maximum atomic E-state index is 6.08. The number of nitrogens with zero attached hydrogens (tertiary/aromatic N) is 1. The van der Waals surface area contributed by atoms with Gasteiger partial charge in [0.2, 0.25) is 0 Å². The molecule has 1 saturated carbocycles. The van der Waals surface area contributed by atoms with Gasteiger partial charge in [-0.3, -0.25) is 4.90 Å². The van der Waals surface area contributed by atoms with Crippen molar-refractivity contribution in [3.8, 4) is 0 Å². The number of nitrogens with one attached hydrogen (secondary N) is 1. The van der Waals surface area contributed by atoms with Crippen LogP contribution >= 0.6 is 22.9 Å². The average molecular weight is 313 g/mol. The van der Waals surface area contributed by atoms with Crippen molar-refractivity contribution in [3.63, 3.8) is 0 Å². The molecule has 2 aliphatic rings. The third kappa shape index (κ3) is 3.38. The van der Waals surface area contributed by atoms with Gasteiger partial charge in [-0.05, 0) is 37.8 Å². The molecule has 20 heavy (non-hydrogen) atoms. The Bertz CT molecular complexity index is 428. The quantitative estimate of drug-likeness (QED) is 0.894. The van der Waals surface area contributed by atoms with Gasteiger partial charge in [0.25, 0.3) is 0 Å². The predicted octanol–water partition coefficient (Wildman–Crippen LogP) is 4.32. The Morgan fingerprint density at radius 2 is 2.10 bits per heavy atom. The lowest BCUT2D eigenvalue weighted by molar-refractivity contribution is 0.116. The molecule has 2 nitrogen and oxygen atoms in total. The number of hydrogen-bond acceptors (Lipinski definition) is 3. The Hall–Kier alpha value is -0.0900. The van der Waals surface area contributed by atoms with Crippen LogP contribution < -0.4 is 5.32 Å². The van der Waals surface area contributed by atoms with Crippen molar-refractivity contribution < 1.29 is 0 Å². The molecule has 1 aliphatic carbocycles. The van der Waals surface area contributed by atoms with Gasteiger partial charge < -0.3 is 5.32 Å². The van der Waals surface area contributed by atoms with Gasteiger partial charge in [0.1, 0.15) is 0 Å². The molecule has 1 aromatic rings. The number of hydrogen-bond donors (Lipinski definition) is 1. The minimum absolute atomic E-state index is 0.501. The monoisotopic (exact) mass is 312 g/mol. The van der Waals surface area contributed by atoms with Gasteiger partial charge in [0.05, 0.1) is 4.34 Å². The van der Waals surface area contributed by atoms with Gasteiger partial charge in [-0.25, -0.2) is 0 Å². The zero-order chi connectivity index (χ0) is 13.9. The van der Waals surface area contributed by atoms with E-state index in [-0.39, 0.29) is 0 Å². The molecular formula is C16H25ClN2S. The van der Waals surface area contributed by atoms with Gasteiger partial charge in [0.15, 0.2) is 0 Å². The van der Waals surface area contributed by atoms with Crippen LogP contribution in [0.1, 0.15) is 49.9 Å². The Balaban J connectivity index is 1.62. The first-order chi connectivity index (χ1) is 9.74. The van der Waals surface area contributed by atoms with Crippen LogP contribution in [0.2, 0.25) is 4.34 Å². The highest BCUT2D eigenvalue weighted by molar-refractivity contribution is 7.16. The summed E-state index contributed by atoms with van der Waals surface area (Å²) in [6.45, 7) is 5.80. The van der Waals surface area contributed by atoms with Gasteiger partial charge >= 0.3 is 0 Å². The zero-order valence-electron chi connectivity index (χ0n) is 12.3. The molecule has 112 valence electrons. The number of halogens is 1. The minimum Gasteiger partial charge on any atom is -0.311 e. The Kier molecular flexibility index (Phi) is 5.03. The van der Waals surface area contributed by atoms with E-state index in [1.54, 1.807) is 11.3 Å². The van der Waals surface area contributed by atoms with Crippen LogP contribution in [-0.4, -0.2) is 30.6 Å². The molecule has 0 aromatic carbocycles. The second-order valence-corrected chi connectivity index (χ2v) is 8.02. The van der Waals surface area contributed by atoms with E-state index in [2.05, 4.69) is 23.2 Å². The van der Waals surface area contributed by atoms with Gasteiger partial charge in [-0.15, -0.1) is 11.3 Å². The van der Waals surface area contributed by atoms with Crippen LogP contribution in [0, 0.1) is 5.92 Å². The van der Waals surface area contributed by atoms with Crippen LogP contribution in [0.25, 0.3) is 0 Å². The average Bonchev–Trinajstić information content (AvgIpc) is 2.94. The highest BCUT2D eigenvalue weighted by Gasteiger charge is 2.30. The fraction of sp³-hybridized carbons (Fsp3) is 0.750. The molecular weight excluding hydrogens is 288 g/mol. The van der Waals surface area contributed by atoms with Crippen molar-refractivity contribution >= 4 is 22.9 Å². The molecule has 3 rings (SSSR count). The first-order valence-electron chi connectivity index (χ1n) is 7.96. The SMILES string of the molecule is CC(c1ccc(Cl)s1)N1CCNC(C2CCCCC2)C1. The molecule has 1 saturated heterocycles. The van der Waals surface area contributed by atoms with Crippen molar-refractivity contribution in [3.05, 3.63) is 21.3 Å². The van der Waals surface area contributed by atoms with Crippen LogP contribution in [0.5, 0.6) is 0 Å². The summed E-state index contributed by atoms with van der Waals surface area (Å²) in [5.41, 5.74) is 0. The standard InChI is InChI=1S/C16H25ClN2S/c1-12(15-7-8-16(17)20-15)19-10-9-18-14(11-19)13-5-3-2-4-6-13/h7-8,12-14,18H,2-6,9-11H2,1H3. The zero-order valence-corrected chi connectivity index (χ0v) is 13.8. The third-order valence-electron chi connectivity index (χ3n) is 5.01. The molecule has 2 fully saturated rings. The lowest BCUT2D eigenvalue weighted by atomic mass is 9.83. The van der Waals surface area contributed by atoms with E-state index in [1.807, 2.05) is 6.07 Å². The maximum Gasteiger partial charge on any atom is 0.0931 e. The minimum atomic E-state index is 0.501. The molecule has 0 amide bonds. The van der Waals surface area contributed by atoms with E-state index in [9.17, 15) is 0 Å². The van der Waals surface area contributed by atoms with Crippen LogP contribution in [0.15, 0.2) is 12.1 Å². The molecule has 1 aromatic heterocycles. The van der Waals surface area contributed by atoms with Gasteiger partial charge in [-0.1, -0.05) is 30.9 Å². The summed E-state index contributed by atoms with van der Waals surface area (Å²) in [5, 5.41) is 3.77. The normalized spacial score (nSPS) is 27.6. The van der Waals surface area contributed by atoms with Gasteiger partial charge in [0, 0.05) is 36.6 Å². The highest BCUT2D eigenvalue weighted by Crippen LogP contribution is 2.33. The van der Waals surface area contributed by atoms with Crippen molar-refractivity contribution in [1.29, 1.82) is 0 Å². The summed E-state index contributed by atoms with van der Waals surface area (Å²) in [6.07, 6.45) is 7.14.